The van der Waals surface area contributed by atoms with Gasteiger partial charge in [-0.25, -0.2) is 4.79 Å². The Kier molecular flexibility index (Phi) is 12.2. The number of ether oxygens (including phenoxy) is 2. The first kappa shape index (κ1) is 28.2. The minimum absolute atomic E-state index is 0.00406. The maximum atomic E-state index is 12.3. The molecule has 0 aliphatic rings. The summed E-state index contributed by atoms with van der Waals surface area (Å²) in [6.07, 6.45) is -4.57. The minimum atomic E-state index is -1.20. The summed E-state index contributed by atoms with van der Waals surface area (Å²) in [6.45, 7) is -0.769. The van der Waals surface area contributed by atoms with Crippen LogP contribution in [0.25, 0.3) is 0 Å². The highest BCUT2D eigenvalue weighted by atomic mass is 16.6. The van der Waals surface area contributed by atoms with Gasteiger partial charge in [0.2, 0.25) is 5.91 Å². The van der Waals surface area contributed by atoms with E-state index < -0.39 is 49.1 Å². The average molecular weight is 490 g/mol. The van der Waals surface area contributed by atoms with Crippen LogP contribution in [0.5, 0.6) is 0 Å². The van der Waals surface area contributed by atoms with Gasteiger partial charge in [-0.05, 0) is 17.5 Å². The SMILES string of the molecule is NCC(OCC(O)C(Cc1ccccc1)NC(=O)CC(O)CO)C(Cc1ccccc1)OC(N)=O. The van der Waals surface area contributed by atoms with Crippen molar-refractivity contribution in [1.29, 1.82) is 0 Å². The lowest BCUT2D eigenvalue weighted by Crippen LogP contribution is -2.49. The third-order valence-corrected chi connectivity index (χ3v) is 5.42. The Morgan fingerprint density at radius 2 is 1.49 bits per heavy atom. The molecule has 2 rings (SSSR count). The molecule has 5 unspecified atom stereocenters. The zero-order valence-electron chi connectivity index (χ0n) is 19.5. The summed E-state index contributed by atoms with van der Waals surface area (Å²) < 4.78 is 11.1. The molecular weight excluding hydrogens is 454 g/mol. The number of carbonyl (C=O) groups is 2. The fourth-order valence-corrected chi connectivity index (χ4v) is 3.61. The number of hydrogen-bond donors (Lipinski definition) is 6. The predicted molar refractivity (Wildman–Crippen MR) is 129 cm³/mol. The molecule has 2 aromatic carbocycles. The van der Waals surface area contributed by atoms with Gasteiger partial charge in [-0.2, -0.15) is 0 Å². The normalized spacial score (nSPS) is 15.4. The quantitative estimate of drug-likeness (QED) is 0.200. The topological polar surface area (TPSA) is 177 Å². The number of aliphatic hydroxyl groups is 3. The summed E-state index contributed by atoms with van der Waals surface area (Å²) in [7, 11) is 0. The summed E-state index contributed by atoms with van der Waals surface area (Å²) in [5, 5.41) is 32.1. The molecule has 0 heterocycles. The van der Waals surface area contributed by atoms with Crippen molar-refractivity contribution >= 4 is 12.0 Å². The van der Waals surface area contributed by atoms with E-state index in [-0.39, 0.29) is 19.6 Å². The molecule has 5 atom stereocenters. The Bertz CT molecular complexity index is 885. The molecule has 35 heavy (non-hydrogen) atoms. The molecule has 0 aliphatic heterocycles. The van der Waals surface area contributed by atoms with E-state index in [1.165, 1.54) is 0 Å². The van der Waals surface area contributed by atoms with E-state index in [9.17, 15) is 19.8 Å². The van der Waals surface area contributed by atoms with Gasteiger partial charge in [0.05, 0.1) is 37.9 Å². The van der Waals surface area contributed by atoms with Crippen LogP contribution in [0.3, 0.4) is 0 Å². The summed E-state index contributed by atoms with van der Waals surface area (Å²) in [5.74, 6) is -0.527. The molecule has 0 aromatic heterocycles. The van der Waals surface area contributed by atoms with E-state index in [0.29, 0.717) is 12.8 Å². The van der Waals surface area contributed by atoms with Crippen LogP contribution in [0.15, 0.2) is 60.7 Å². The molecule has 0 saturated heterocycles. The predicted octanol–water partition coefficient (Wildman–Crippen LogP) is -0.131. The molecule has 0 bridgehead atoms. The maximum Gasteiger partial charge on any atom is 0.404 e. The first-order valence-corrected chi connectivity index (χ1v) is 11.4. The second-order valence-electron chi connectivity index (χ2n) is 8.24. The summed E-state index contributed by atoms with van der Waals surface area (Å²) in [4.78, 5) is 23.8. The van der Waals surface area contributed by atoms with E-state index >= 15 is 0 Å². The summed E-state index contributed by atoms with van der Waals surface area (Å²) in [5.41, 5.74) is 12.9. The molecule has 8 N–H and O–H groups in total. The fraction of sp³-hybridized carbons (Fsp3) is 0.440. The van der Waals surface area contributed by atoms with Gasteiger partial charge in [0.1, 0.15) is 12.2 Å². The average Bonchev–Trinajstić information content (AvgIpc) is 2.84. The number of aliphatic hydroxyl groups excluding tert-OH is 3. The van der Waals surface area contributed by atoms with Crippen molar-refractivity contribution < 1.29 is 34.4 Å². The van der Waals surface area contributed by atoms with Crippen LogP contribution in [0.2, 0.25) is 0 Å². The van der Waals surface area contributed by atoms with E-state index in [1.807, 2.05) is 60.7 Å². The highest BCUT2D eigenvalue weighted by molar-refractivity contribution is 5.76. The summed E-state index contributed by atoms with van der Waals surface area (Å²) in [6, 6.07) is 17.8. The Balaban J connectivity index is 2.08. The highest BCUT2D eigenvalue weighted by Crippen LogP contribution is 2.14. The number of benzene rings is 2. The lowest BCUT2D eigenvalue weighted by atomic mass is 10.0. The first-order chi connectivity index (χ1) is 16.8. The largest absolute Gasteiger partial charge is 0.443 e. The number of nitrogens with one attached hydrogen (secondary N) is 1. The number of amides is 2. The van der Waals surface area contributed by atoms with Crippen molar-refractivity contribution in [2.24, 2.45) is 11.5 Å². The van der Waals surface area contributed by atoms with E-state index in [1.54, 1.807) is 0 Å². The second-order valence-corrected chi connectivity index (χ2v) is 8.24. The number of hydrogen-bond acceptors (Lipinski definition) is 8. The third-order valence-electron chi connectivity index (χ3n) is 5.42. The number of carbonyl (C=O) groups excluding carboxylic acids is 2. The third kappa shape index (κ3) is 10.4. The van der Waals surface area contributed by atoms with Crippen LogP contribution in [0.1, 0.15) is 17.5 Å². The molecule has 0 spiro atoms. The van der Waals surface area contributed by atoms with Crippen molar-refractivity contribution in [3.8, 4) is 0 Å². The molecule has 2 amide bonds. The lowest BCUT2D eigenvalue weighted by Gasteiger charge is -2.29. The molecule has 0 saturated carbocycles. The van der Waals surface area contributed by atoms with Gasteiger partial charge in [-0.15, -0.1) is 0 Å². The molecule has 10 heteroatoms. The van der Waals surface area contributed by atoms with Crippen molar-refractivity contribution in [3.63, 3.8) is 0 Å². The van der Waals surface area contributed by atoms with E-state index in [0.717, 1.165) is 11.1 Å². The monoisotopic (exact) mass is 489 g/mol. The first-order valence-electron chi connectivity index (χ1n) is 11.4. The van der Waals surface area contributed by atoms with Gasteiger partial charge in [0.25, 0.3) is 0 Å². The standard InChI is InChI=1S/C25H35N3O7/c26-14-23(22(35-25(27)33)12-18-9-5-2-6-10-18)34-16-21(31)20(11-17-7-3-1-4-8-17)28-24(32)13-19(30)15-29/h1-10,19-23,29-31H,11-16,26H2,(H2,27,33)(H,28,32). The molecule has 10 nitrogen and oxygen atoms in total. The fourth-order valence-electron chi connectivity index (χ4n) is 3.61. The van der Waals surface area contributed by atoms with Crippen LogP contribution in [0, 0.1) is 0 Å². The van der Waals surface area contributed by atoms with Crippen molar-refractivity contribution in [1.82, 2.24) is 5.32 Å². The van der Waals surface area contributed by atoms with Gasteiger partial charge in [0.15, 0.2) is 0 Å². The maximum absolute atomic E-state index is 12.3. The molecule has 2 aromatic rings. The van der Waals surface area contributed by atoms with Gasteiger partial charge in [0, 0.05) is 13.0 Å². The van der Waals surface area contributed by atoms with Gasteiger partial charge in [-0.3, -0.25) is 4.79 Å². The van der Waals surface area contributed by atoms with Crippen LogP contribution in [-0.2, 0) is 27.1 Å². The Labute approximate surface area is 204 Å². The van der Waals surface area contributed by atoms with Gasteiger partial charge >= 0.3 is 6.09 Å². The highest BCUT2D eigenvalue weighted by Gasteiger charge is 2.28. The zero-order chi connectivity index (χ0) is 25.6. The Morgan fingerprint density at radius 1 is 0.914 bits per heavy atom. The molecular formula is C25H35N3O7. The van der Waals surface area contributed by atoms with Crippen molar-refractivity contribution in [3.05, 3.63) is 71.8 Å². The van der Waals surface area contributed by atoms with Gasteiger partial charge in [-0.1, -0.05) is 60.7 Å². The smallest absolute Gasteiger partial charge is 0.404 e. The molecule has 0 radical (unpaired) electrons. The van der Waals surface area contributed by atoms with E-state index in [4.69, 9.17) is 26.0 Å². The van der Waals surface area contributed by atoms with Crippen molar-refractivity contribution in [2.75, 3.05) is 19.8 Å². The van der Waals surface area contributed by atoms with Gasteiger partial charge < -0.3 is 41.6 Å². The Hall–Kier alpha value is -3.02. The second kappa shape index (κ2) is 15.1. The molecule has 0 aliphatic carbocycles. The molecule has 192 valence electrons. The Morgan fingerprint density at radius 3 is 2.00 bits per heavy atom. The summed E-state index contributed by atoms with van der Waals surface area (Å²) >= 11 is 0. The minimum Gasteiger partial charge on any atom is -0.443 e. The van der Waals surface area contributed by atoms with E-state index in [2.05, 4.69) is 5.32 Å². The van der Waals surface area contributed by atoms with Crippen LogP contribution >= 0.6 is 0 Å². The number of rotatable bonds is 15. The van der Waals surface area contributed by atoms with Crippen LogP contribution < -0.4 is 16.8 Å². The molecule has 0 fully saturated rings. The van der Waals surface area contributed by atoms with Crippen molar-refractivity contribution in [2.45, 2.75) is 49.7 Å². The van der Waals surface area contributed by atoms with Crippen LogP contribution in [0.4, 0.5) is 4.79 Å². The number of primary amides is 1. The lowest BCUT2D eigenvalue weighted by molar-refractivity contribution is -0.126. The zero-order valence-corrected chi connectivity index (χ0v) is 19.5. The number of nitrogens with two attached hydrogens (primary N) is 2. The van der Waals surface area contributed by atoms with Crippen LogP contribution in [-0.4, -0.2) is 77.5 Å².